The van der Waals surface area contributed by atoms with Crippen molar-refractivity contribution in [2.75, 3.05) is 25.5 Å². The smallest absolute Gasteiger partial charge is 0.411 e. The predicted octanol–water partition coefficient (Wildman–Crippen LogP) is 5.76. The molecule has 3 aromatic carbocycles. The van der Waals surface area contributed by atoms with Crippen LogP contribution in [0.15, 0.2) is 91.5 Å². The first-order valence-electron chi connectivity index (χ1n) is 13.9. The molecule has 0 radical (unpaired) electrons. The van der Waals surface area contributed by atoms with Crippen LogP contribution in [0.25, 0.3) is 0 Å². The molecule has 1 heterocycles. The average Bonchev–Trinajstić information content (AvgIpc) is 3.01. The highest BCUT2D eigenvalue weighted by molar-refractivity contribution is 5.84. The van der Waals surface area contributed by atoms with Crippen LogP contribution in [0, 0.1) is 5.92 Å². The number of anilines is 1. The Morgan fingerprint density at radius 3 is 2.34 bits per heavy atom. The van der Waals surface area contributed by atoms with Crippen molar-refractivity contribution >= 4 is 11.8 Å². The Bertz CT molecular complexity index is 1250. The number of likely N-dealkylation sites (N-methyl/N-ethyl adjacent to an activating group) is 1. The first-order valence-corrected chi connectivity index (χ1v) is 13.9. The van der Waals surface area contributed by atoms with Gasteiger partial charge in [-0.2, -0.15) is 0 Å². The Balaban J connectivity index is 1.53. The highest BCUT2D eigenvalue weighted by Crippen LogP contribution is 2.42. The topological polar surface area (TPSA) is 100 Å². The van der Waals surface area contributed by atoms with Gasteiger partial charge in [-0.25, -0.2) is 4.79 Å². The zero-order chi connectivity index (χ0) is 29.4. The monoisotopic (exact) mass is 560 g/mol. The van der Waals surface area contributed by atoms with Gasteiger partial charge in [0.05, 0.1) is 24.9 Å². The van der Waals surface area contributed by atoms with Crippen molar-refractivity contribution < 1.29 is 29.2 Å². The molecule has 218 valence electrons. The fourth-order valence-electron chi connectivity index (χ4n) is 4.96. The summed E-state index contributed by atoms with van der Waals surface area (Å²) >= 11 is 0. The minimum absolute atomic E-state index is 0.00434. The molecule has 0 spiro atoms. The molecule has 3 N–H and O–H groups in total. The third-order valence-corrected chi connectivity index (χ3v) is 7.65. The van der Waals surface area contributed by atoms with E-state index in [9.17, 15) is 15.0 Å². The first kappa shape index (κ1) is 30.4. The second-order valence-electron chi connectivity index (χ2n) is 10.5. The molecule has 1 aliphatic rings. The van der Waals surface area contributed by atoms with E-state index in [-0.39, 0.29) is 37.4 Å². The van der Waals surface area contributed by atoms with E-state index < -0.39 is 18.5 Å². The average molecular weight is 561 g/mol. The molecule has 0 aliphatic carbocycles. The number of carbonyl (C=O) groups is 1. The van der Waals surface area contributed by atoms with Crippen LogP contribution in [0.5, 0.6) is 0 Å². The maximum absolute atomic E-state index is 11.9. The number of benzene rings is 3. The maximum atomic E-state index is 11.9. The molecule has 8 nitrogen and oxygen atoms in total. The van der Waals surface area contributed by atoms with Gasteiger partial charge in [0.15, 0.2) is 6.29 Å². The molecular formula is C33H40N2O6. The van der Waals surface area contributed by atoms with Crippen molar-refractivity contribution in [2.24, 2.45) is 5.92 Å². The molecule has 0 aromatic heterocycles. The molecule has 1 aliphatic heterocycles. The molecule has 1 fully saturated rings. The van der Waals surface area contributed by atoms with Gasteiger partial charge in [0.1, 0.15) is 6.61 Å². The summed E-state index contributed by atoms with van der Waals surface area (Å²) in [7, 11) is 1.99. The molecule has 0 unspecified atom stereocenters. The van der Waals surface area contributed by atoms with E-state index in [1.807, 2.05) is 80.7 Å². The van der Waals surface area contributed by atoms with Gasteiger partial charge < -0.3 is 24.4 Å². The molecule has 1 saturated heterocycles. The molecule has 41 heavy (non-hydrogen) atoms. The Morgan fingerprint density at radius 2 is 1.71 bits per heavy atom. The van der Waals surface area contributed by atoms with Crippen molar-refractivity contribution in [3.05, 3.63) is 114 Å². The Morgan fingerprint density at radius 1 is 1.05 bits per heavy atom. The Labute approximate surface area is 242 Å². The number of ether oxygens (including phenoxy) is 3. The van der Waals surface area contributed by atoms with E-state index >= 15 is 0 Å². The summed E-state index contributed by atoms with van der Waals surface area (Å²) in [5.41, 5.74) is 4.10. The fourth-order valence-corrected chi connectivity index (χ4v) is 4.96. The summed E-state index contributed by atoms with van der Waals surface area (Å²) < 4.78 is 18.1. The molecule has 0 saturated carbocycles. The van der Waals surface area contributed by atoms with Crippen molar-refractivity contribution in [2.45, 2.75) is 51.1 Å². The first-order chi connectivity index (χ1) is 19.8. The normalized spacial score (nSPS) is 22.1. The van der Waals surface area contributed by atoms with E-state index in [1.165, 1.54) is 6.08 Å². The van der Waals surface area contributed by atoms with Crippen LogP contribution in [-0.4, -0.2) is 53.6 Å². The van der Waals surface area contributed by atoms with E-state index in [4.69, 9.17) is 14.2 Å². The van der Waals surface area contributed by atoms with Crippen LogP contribution in [0.1, 0.15) is 54.6 Å². The molecule has 1 amide bonds. The zero-order valence-electron chi connectivity index (χ0n) is 23.9. The second-order valence-corrected chi connectivity index (χ2v) is 10.5. The van der Waals surface area contributed by atoms with Crippen molar-refractivity contribution in [3.63, 3.8) is 0 Å². The third-order valence-electron chi connectivity index (χ3n) is 7.65. The van der Waals surface area contributed by atoms with E-state index in [1.54, 1.807) is 12.1 Å². The lowest BCUT2D eigenvalue weighted by atomic mass is 9.89. The number of nitrogens with one attached hydrogen (secondary N) is 1. The number of amides is 1. The predicted molar refractivity (Wildman–Crippen MR) is 158 cm³/mol. The van der Waals surface area contributed by atoms with Crippen molar-refractivity contribution in [1.29, 1.82) is 0 Å². The van der Waals surface area contributed by atoms with Gasteiger partial charge in [-0.05, 0) is 42.8 Å². The number of nitrogens with zero attached hydrogens (tertiary/aromatic N) is 1. The fraction of sp³-hybridized carbons (Fsp3) is 0.364. The summed E-state index contributed by atoms with van der Waals surface area (Å²) in [6, 6.07) is 24.6. The number of rotatable bonds is 11. The summed E-state index contributed by atoms with van der Waals surface area (Å²) in [6.07, 6.45) is -0.820. The molecule has 4 rings (SSSR count). The summed E-state index contributed by atoms with van der Waals surface area (Å²) in [5.74, 6) is -0.00434. The van der Waals surface area contributed by atoms with E-state index in [0.29, 0.717) is 12.2 Å². The summed E-state index contributed by atoms with van der Waals surface area (Å²) in [4.78, 5) is 14.0. The van der Waals surface area contributed by atoms with Gasteiger partial charge in [-0.15, -0.1) is 0 Å². The Kier molecular flexibility index (Phi) is 10.7. The van der Waals surface area contributed by atoms with Crippen LogP contribution in [0.2, 0.25) is 0 Å². The van der Waals surface area contributed by atoms with E-state index in [0.717, 1.165) is 22.3 Å². The minimum Gasteiger partial charge on any atom is -0.445 e. The summed E-state index contributed by atoms with van der Waals surface area (Å²) in [6.45, 7) is 8.34. The standard InChI is InChI=1S/C33H40N2O6/c1-5-19-39-33(38)34-28-17-15-27(16-18-28)32-40-29(20-35(4)23(3)30(37)25-9-7-6-8-10-25)22(2)31(41-32)26-13-11-24(21-36)12-14-26/h5-18,22-23,29-32,36-37H,1,19-21H2,2-4H3,(H,34,38)/t22-,23-,29+,30-,31+,32+/m0/s1. The maximum Gasteiger partial charge on any atom is 0.411 e. The SMILES string of the molecule is C=CCOC(=O)Nc1ccc([C@@H]2O[C@H](CN(C)[C@@H](C)[C@H](O)c3ccccc3)[C@H](C)[C@H](c3ccc(CO)cc3)O2)cc1. The minimum atomic E-state index is -0.650. The number of aliphatic hydroxyl groups is 2. The number of aliphatic hydroxyl groups excluding tert-OH is 2. The van der Waals surface area contributed by atoms with Gasteiger partial charge in [-0.3, -0.25) is 10.2 Å². The quantitative estimate of drug-likeness (QED) is 0.257. The number of carbonyl (C=O) groups excluding carboxylic acids is 1. The van der Waals surface area contributed by atoms with Gasteiger partial charge in [0.2, 0.25) is 0 Å². The van der Waals surface area contributed by atoms with Crippen LogP contribution < -0.4 is 5.32 Å². The van der Waals surface area contributed by atoms with Crippen molar-refractivity contribution in [1.82, 2.24) is 4.90 Å². The highest BCUT2D eigenvalue weighted by Gasteiger charge is 2.39. The van der Waals surface area contributed by atoms with Gasteiger partial charge in [0.25, 0.3) is 0 Å². The lowest BCUT2D eigenvalue weighted by Crippen LogP contribution is -2.46. The van der Waals surface area contributed by atoms with Crippen LogP contribution >= 0.6 is 0 Å². The van der Waals surface area contributed by atoms with Crippen LogP contribution in [0.4, 0.5) is 10.5 Å². The summed E-state index contributed by atoms with van der Waals surface area (Å²) in [5, 5.41) is 23.2. The van der Waals surface area contributed by atoms with Gasteiger partial charge >= 0.3 is 6.09 Å². The lowest BCUT2D eigenvalue weighted by Gasteiger charge is -2.43. The van der Waals surface area contributed by atoms with Crippen LogP contribution in [-0.2, 0) is 20.8 Å². The highest BCUT2D eigenvalue weighted by atomic mass is 16.7. The van der Waals surface area contributed by atoms with E-state index in [2.05, 4.69) is 23.7 Å². The molecule has 3 aromatic rings. The van der Waals surface area contributed by atoms with Crippen LogP contribution in [0.3, 0.4) is 0 Å². The molecular weight excluding hydrogens is 520 g/mol. The number of hydrogen-bond acceptors (Lipinski definition) is 7. The molecule has 0 bridgehead atoms. The largest absolute Gasteiger partial charge is 0.445 e. The van der Waals surface area contributed by atoms with Gasteiger partial charge in [0, 0.05) is 29.8 Å². The lowest BCUT2D eigenvalue weighted by molar-refractivity contribution is -0.276. The zero-order valence-corrected chi connectivity index (χ0v) is 23.9. The number of hydrogen-bond donors (Lipinski definition) is 3. The second kappa shape index (κ2) is 14.4. The molecule has 6 atom stereocenters. The Hall–Kier alpha value is -3.53. The van der Waals surface area contributed by atoms with Gasteiger partial charge in [-0.1, -0.05) is 86.3 Å². The van der Waals surface area contributed by atoms with Crippen molar-refractivity contribution in [3.8, 4) is 0 Å². The third kappa shape index (κ3) is 7.81. The molecule has 8 heteroatoms.